The summed E-state index contributed by atoms with van der Waals surface area (Å²) < 4.78 is 10.9. The highest BCUT2D eigenvalue weighted by atomic mass is 16.5. The van der Waals surface area contributed by atoms with E-state index >= 15 is 0 Å². The van der Waals surface area contributed by atoms with Crippen LogP contribution in [-0.4, -0.2) is 37.3 Å². The predicted octanol–water partition coefficient (Wildman–Crippen LogP) is 4.58. The molecule has 2 aromatic rings. The summed E-state index contributed by atoms with van der Waals surface area (Å²) in [6, 6.07) is 10.2. The molecule has 4 heteroatoms. The maximum Gasteiger partial charge on any atom is 0.161 e. The Morgan fingerprint density at radius 1 is 1.04 bits per heavy atom. The molecule has 1 aliphatic heterocycles. The van der Waals surface area contributed by atoms with E-state index in [9.17, 15) is 5.11 Å². The molecule has 0 spiro atoms. The molecule has 148 valence electrons. The summed E-state index contributed by atoms with van der Waals surface area (Å²) >= 11 is 0. The zero-order chi connectivity index (χ0) is 19.5. The molecule has 0 saturated heterocycles. The van der Waals surface area contributed by atoms with Crippen LogP contribution in [0.25, 0.3) is 5.57 Å². The van der Waals surface area contributed by atoms with Crippen LogP contribution in [0.2, 0.25) is 0 Å². The molecule has 0 unspecified atom stereocenters. The molecular formula is C24H29NO3. The molecule has 2 aliphatic rings. The lowest BCUT2D eigenvalue weighted by molar-refractivity contribution is 0.257. The van der Waals surface area contributed by atoms with Gasteiger partial charge in [0.2, 0.25) is 0 Å². The Kier molecular flexibility index (Phi) is 5.58. The normalized spacial score (nSPS) is 17.9. The van der Waals surface area contributed by atoms with Gasteiger partial charge >= 0.3 is 0 Å². The Labute approximate surface area is 167 Å². The minimum absolute atomic E-state index is 0.445. The van der Waals surface area contributed by atoms with Crippen LogP contribution in [0.3, 0.4) is 0 Å². The fraction of sp³-hybridized carbons (Fsp3) is 0.417. The van der Waals surface area contributed by atoms with Gasteiger partial charge in [-0.1, -0.05) is 18.2 Å². The zero-order valence-corrected chi connectivity index (χ0v) is 16.8. The van der Waals surface area contributed by atoms with Gasteiger partial charge in [0.25, 0.3) is 0 Å². The third-order valence-electron chi connectivity index (χ3n) is 6.00. The average Bonchev–Trinajstić information content (AvgIpc) is 2.73. The van der Waals surface area contributed by atoms with Gasteiger partial charge in [0.1, 0.15) is 5.75 Å². The first kappa shape index (κ1) is 18.9. The van der Waals surface area contributed by atoms with Crippen molar-refractivity contribution in [2.45, 2.75) is 38.6 Å². The third kappa shape index (κ3) is 3.74. The van der Waals surface area contributed by atoms with E-state index in [0.29, 0.717) is 5.75 Å². The predicted molar refractivity (Wildman–Crippen MR) is 112 cm³/mol. The maximum atomic E-state index is 10.1. The van der Waals surface area contributed by atoms with Crippen LogP contribution in [-0.2, 0) is 19.4 Å². The number of fused-ring (bicyclic) bond motifs is 2. The van der Waals surface area contributed by atoms with Crippen molar-refractivity contribution >= 4 is 5.57 Å². The molecular weight excluding hydrogens is 350 g/mol. The Bertz CT molecular complexity index is 888. The van der Waals surface area contributed by atoms with Crippen LogP contribution in [0, 0.1) is 0 Å². The molecule has 0 saturated carbocycles. The number of methoxy groups -OCH3 is 2. The van der Waals surface area contributed by atoms with Crippen molar-refractivity contribution in [2.24, 2.45) is 0 Å². The summed E-state index contributed by atoms with van der Waals surface area (Å²) in [4.78, 5) is 2.51. The Morgan fingerprint density at radius 2 is 1.82 bits per heavy atom. The largest absolute Gasteiger partial charge is 0.508 e. The van der Waals surface area contributed by atoms with Gasteiger partial charge in [-0.15, -0.1) is 0 Å². The molecule has 0 aromatic heterocycles. The maximum absolute atomic E-state index is 10.1. The molecule has 0 amide bonds. The molecule has 1 N–H and O–H groups in total. The highest BCUT2D eigenvalue weighted by molar-refractivity contribution is 5.71. The summed E-state index contributed by atoms with van der Waals surface area (Å²) in [5, 5.41) is 10.1. The van der Waals surface area contributed by atoms with Crippen molar-refractivity contribution in [2.75, 3.05) is 27.3 Å². The Balaban J connectivity index is 1.42. The lowest BCUT2D eigenvalue weighted by Crippen LogP contribution is -2.31. The number of hydrogen-bond acceptors (Lipinski definition) is 4. The highest BCUT2D eigenvalue weighted by Crippen LogP contribution is 2.36. The van der Waals surface area contributed by atoms with Crippen molar-refractivity contribution < 1.29 is 14.6 Å². The summed E-state index contributed by atoms with van der Waals surface area (Å²) in [7, 11) is 3.38. The van der Waals surface area contributed by atoms with Crippen LogP contribution in [0.4, 0.5) is 0 Å². The first-order chi connectivity index (χ1) is 13.7. The van der Waals surface area contributed by atoms with Crippen LogP contribution in [0.15, 0.2) is 36.4 Å². The van der Waals surface area contributed by atoms with Crippen molar-refractivity contribution in [3.8, 4) is 17.2 Å². The van der Waals surface area contributed by atoms with Gasteiger partial charge in [0, 0.05) is 25.2 Å². The first-order valence-corrected chi connectivity index (χ1v) is 10.2. The minimum atomic E-state index is 0.445. The second kappa shape index (κ2) is 8.27. The second-order valence-electron chi connectivity index (χ2n) is 7.68. The van der Waals surface area contributed by atoms with Crippen LogP contribution in [0.5, 0.6) is 17.2 Å². The summed E-state index contributed by atoms with van der Waals surface area (Å²) in [6.07, 6.45) is 7.66. The first-order valence-electron chi connectivity index (χ1n) is 10.2. The smallest absolute Gasteiger partial charge is 0.161 e. The number of aromatic hydroxyl groups is 1. The molecule has 4 nitrogen and oxygen atoms in total. The van der Waals surface area contributed by atoms with E-state index in [0.717, 1.165) is 68.8 Å². The number of rotatable bonds is 5. The van der Waals surface area contributed by atoms with Crippen LogP contribution < -0.4 is 9.47 Å². The van der Waals surface area contributed by atoms with E-state index in [1.807, 2.05) is 6.07 Å². The average molecular weight is 380 g/mol. The number of allylic oxidation sites excluding steroid dienone is 1. The quantitative estimate of drug-likeness (QED) is 0.826. The number of nitrogens with zero attached hydrogens (tertiary/aromatic N) is 1. The molecule has 0 fully saturated rings. The molecule has 1 aliphatic carbocycles. The van der Waals surface area contributed by atoms with Gasteiger partial charge in [0.15, 0.2) is 11.5 Å². The van der Waals surface area contributed by atoms with Crippen molar-refractivity contribution in [3.05, 3.63) is 58.7 Å². The molecule has 28 heavy (non-hydrogen) atoms. The highest BCUT2D eigenvalue weighted by Gasteiger charge is 2.20. The standard InChI is InChI=1S/C24H29NO3/c1-27-23-14-18-11-13-25(16-19(18)15-24(23)28-2)12-5-7-17-6-3-9-21-20(17)8-4-10-22(21)26/h4,7-8,10,14-15,26H,3,5-6,9,11-13,16H2,1-2H3/b17-7+. The molecule has 0 atom stereocenters. The Morgan fingerprint density at radius 3 is 2.61 bits per heavy atom. The van der Waals surface area contributed by atoms with E-state index in [1.54, 1.807) is 20.3 Å². The van der Waals surface area contributed by atoms with E-state index in [-0.39, 0.29) is 0 Å². The summed E-state index contributed by atoms with van der Waals surface area (Å²) in [5.41, 5.74) is 6.45. The fourth-order valence-corrected chi connectivity index (χ4v) is 4.49. The number of hydrogen-bond donors (Lipinski definition) is 1. The zero-order valence-electron chi connectivity index (χ0n) is 16.8. The van der Waals surface area contributed by atoms with Gasteiger partial charge in [-0.05, 0) is 72.6 Å². The second-order valence-corrected chi connectivity index (χ2v) is 7.68. The SMILES string of the molecule is COc1cc2c(cc1OC)CN(CC/C=C1\CCCc3c(O)cccc31)CC2. The van der Waals surface area contributed by atoms with Crippen molar-refractivity contribution in [1.29, 1.82) is 0 Å². The third-order valence-corrected chi connectivity index (χ3v) is 6.00. The molecule has 4 rings (SSSR count). The van der Waals surface area contributed by atoms with E-state index < -0.39 is 0 Å². The van der Waals surface area contributed by atoms with Gasteiger partial charge in [0.05, 0.1) is 14.2 Å². The number of ether oxygens (including phenoxy) is 2. The minimum Gasteiger partial charge on any atom is -0.508 e. The van der Waals surface area contributed by atoms with Crippen LogP contribution >= 0.6 is 0 Å². The van der Waals surface area contributed by atoms with Crippen molar-refractivity contribution in [3.63, 3.8) is 0 Å². The van der Waals surface area contributed by atoms with Crippen molar-refractivity contribution in [1.82, 2.24) is 4.90 Å². The summed E-state index contributed by atoms with van der Waals surface area (Å²) in [6.45, 7) is 3.07. The van der Waals surface area contributed by atoms with Gasteiger partial charge in [-0.3, -0.25) is 4.90 Å². The lowest BCUT2D eigenvalue weighted by Gasteiger charge is -2.29. The monoisotopic (exact) mass is 379 g/mol. The summed E-state index contributed by atoms with van der Waals surface area (Å²) in [5.74, 6) is 2.07. The van der Waals surface area contributed by atoms with Gasteiger partial charge in [-0.2, -0.15) is 0 Å². The molecule has 1 heterocycles. The Hall–Kier alpha value is -2.46. The molecule has 0 radical (unpaired) electrons. The molecule has 0 bridgehead atoms. The molecule has 2 aromatic carbocycles. The topological polar surface area (TPSA) is 41.9 Å². The van der Waals surface area contributed by atoms with E-state index in [4.69, 9.17) is 9.47 Å². The van der Waals surface area contributed by atoms with E-state index in [2.05, 4.69) is 29.2 Å². The fourth-order valence-electron chi connectivity index (χ4n) is 4.49. The number of phenolic OH excluding ortho intramolecular Hbond substituents is 1. The lowest BCUT2D eigenvalue weighted by atomic mass is 9.86. The number of phenols is 1. The van der Waals surface area contributed by atoms with Gasteiger partial charge in [-0.25, -0.2) is 0 Å². The van der Waals surface area contributed by atoms with Crippen LogP contribution in [0.1, 0.15) is 41.5 Å². The number of benzene rings is 2. The van der Waals surface area contributed by atoms with E-state index in [1.165, 1.54) is 22.3 Å². The van der Waals surface area contributed by atoms with Gasteiger partial charge < -0.3 is 14.6 Å².